The average Bonchev–Trinajstić information content (AvgIpc) is 3.61. The van der Waals surface area contributed by atoms with E-state index in [0.29, 0.717) is 50.0 Å². The summed E-state index contributed by atoms with van der Waals surface area (Å²) in [6, 6.07) is 12.1. The molecule has 0 aliphatic carbocycles. The number of esters is 2. The van der Waals surface area contributed by atoms with Crippen LogP contribution in [-0.4, -0.2) is 35.1 Å². The van der Waals surface area contributed by atoms with Gasteiger partial charge in [-0.1, -0.05) is 38.8 Å². The molecule has 2 aliphatic heterocycles. The minimum absolute atomic E-state index is 0.142. The maximum Gasteiger partial charge on any atom is 0.316 e. The molecule has 2 aliphatic rings. The number of carbonyl (C=O) groups excluding carboxylic acids is 2. The Morgan fingerprint density at radius 1 is 0.778 bits per heavy atom. The predicted molar refractivity (Wildman–Crippen MR) is 168 cm³/mol. The smallest absolute Gasteiger partial charge is 0.316 e. The van der Waals surface area contributed by atoms with E-state index in [4.69, 9.17) is 14.2 Å². The van der Waals surface area contributed by atoms with Gasteiger partial charge in [0.2, 0.25) is 0 Å². The third kappa shape index (κ3) is 5.01. The zero-order valence-electron chi connectivity index (χ0n) is 26.3. The minimum Gasteiger partial charge on any atom is -0.393 e. The van der Waals surface area contributed by atoms with Gasteiger partial charge < -0.3 is 24.2 Å². The first-order valence-corrected chi connectivity index (χ1v) is 15.8. The van der Waals surface area contributed by atoms with Gasteiger partial charge in [-0.15, -0.1) is 0 Å². The van der Waals surface area contributed by atoms with Gasteiger partial charge in [0.05, 0.1) is 71.7 Å². The third-order valence-corrected chi connectivity index (χ3v) is 9.54. The van der Waals surface area contributed by atoms with E-state index >= 15 is 0 Å². The molecule has 0 saturated carbocycles. The van der Waals surface area contributed by atoms with Gasteiger partial charge in [0.15, 0.2) is 0 Å². The Morgan fingerprint density at radius 2 is 1.20 bits per heavy atom. The zero-order valence-corrected chi connectivity index (χ0v) is 26.3. The molecule has 2 N–H and O–H groups in total. The van der Waals surface area contributed by atoms with E-state index in [1.54, 1.807) is 0 Å². The normalized spacial score (nSPS) is 20.8. The van der Waals surface area contributed by atoms with Crippen molar-refractivity contribution in [1.29, 1.82) is 10.5 Å². The molecule has 4 aromatic rings. The van der Waals surface area contributed by atoms with Crippen molar-refractivity contribution in [2.75, 3.05) is 13.2 Å². The molecule has 4 heterocycles. The summed E-state index contributed by atoms with van der Waals surface area (Å²) in [6.07, 6.45) is 3.50. The SMILES string of the molecule is CCCC1(CC(=O)OC(=O)CC2(CCC)OCCc3c2[nH]c2c(C)ccc(C#N)c32)OCCc2c1[nH]c1c(C)ccc(C#N)c21. The lowest BCUT2D eigenvalue weighted by atomic mass is 9.84. The van der Waals surface area contributed by atoms with Gasteiger partial charge in [0.1, 0.15) is 11.2 Å². The van der Waals surface area contributed by atoms with Gasteiger partial charge in [0, 0.05) is 10.8 Å². The van der Waals surface area contributed by atoms with Crippen molar-refractivity contribution in [2.45, 2.75) is 90.3 Å². The molecule has 9 nitrogen and oxygen atoms in total. The molecule has 0 amide bonds. The van der Waals surface area contributed by atoms with E-state index in [1.807, 2.05) is 52.0 Å². The molecule has 9 heteroatoms. The molecule has 45 heavy (non-hydrogen) atoms. The fourth-order valence-corrected chi connectivity index (χ4v) is 7.64. The predicted octanol–water partition coefficient (Wildman–Crippen LogP) is 6.70. The van der Waals surface area contributed by atoms with Crippen LogP contribution in [0.2, 0.25) is 0 Å². The first-order chi connectivity index (χ1) is 21.7. The van der Waals surface area contributed by atoms with E-state index in [9.17, 15) is 20.1 Å². The molecule has 0 saturated heterocycles. The van der Waals surface area contributed by atoms with Crippen LogP contribution in [-0.2, 0) is 47.8 Å². The molecule has 232 valence electrons. The zero-order chi connectivity index (χ0) is 31.9. The molecule has 0 fully saturated rings. The lowest BCUT2D eigenvalue weighted by Gasteiger charge is -2.37. The summed E-state index contributed by atoms with van der Waals surface area (Å²) in [6.45, 7) is 8.80. The highest BCUT2D eigenvalue weighted by Crippen LogP contribution is 2.46. The van der Waals surface area contributed by atoms with Crippen molar-refractivity contribution in [1.82, 2.24) is 9.97 Å². The molecule has 2 aromatic carbocycles. The Labute approximate surface area is 262 Å². The highest BCUT2D eigenvalue weighted by molar-refractivity contribution is 5.94. The summed E-state index contributed by atoms with van der Waals surface area (Å²) in [5.74, 6) is -1.33. The number of fused-ring (bicyclic) bond motifs is 6. The lowest BCUT2D eigenvalue weighted by molar-refractivity contribution is -0.171. The Hall–Kier alpha value is -4.44. The van der Waals surface area contributed by atoms with Crippen LogP contribution >= 0.6 is 0 Å². The van der Waals surface area contributed by atoms with Gasteiger partial charge in [-0.2, -0.15) is 10.5 Å². The molecule has 2 aromatic heterocycles. The Kier molecular flexibility index (Phi) is 8.03. The van der Waals surface area contributed by atoms with Gasteiger partial charge in [-0.05, 0) is 73.9 Å². The summed E-state index contributed by atoms with van der Waals surface area (Å²) < 4.78 is 18.3. The van der Waals surface area contributed by atoms with Crippen LogP contribution in [0.15, 0.2) is 24.3 Å². The standard InChI is InChI=1S/C36H38N4O5/c1-5-13-35(33-25(11-15-43-35)29-23(19-37)9-7-21(3)31(29)39-33)17-27(41)45-28(42)18-36(14-6-2)34-26(12-16-44-36)30-24(20-38)10-8-22(4)32(30)40-34/h7-10,39-40H,5-6,11-18H2,1-4H3. The highest BCUT2D eigenvalue weighted by Gasteiger charge is 2.45. The van der Waals surface area contributed by atoms with Crippen molar-refractivity contribution >= 4 is 33.7 Å². The number of hydrogen-bond acceptors (Lipinski definition) is 7. The Balaban J connectivity index is 1.30. The quantitative estimate of drug-likeness (QED) is 0.168. The molecular weight excluding hydrogens is 568 g/mol. The molecule has 0 spiro atoms. The van der Waals surface area contributed by atoms with Gasteiger partial charge >= 0.3 is 11.9 Å². The number of nitriles is 2. The first kappa shape index (κ1) is 30.6. The molecule has 0 radical (unpaired) electrons. The van der Waals surface area contributed by atoms with Crippen molar-refractivity contribution in [3.63, 3.8) is 0 Å². The van der Waals surface area contributed by atoms with Crippen LogP contribution in [0.4, 0.5) is 0 Å². The highest BCUT2D eigenvalue weighted by atomic mass is 16.6. The molecule has 0 bridgehead atoms. The number of nitrogens with zero attached hydrogens (tertiary/aromatic N) is 2. The fourth-order valence-electron chi connectivity index (χ4n) is 7.64. The first-order valence-electron chi connectivity index (χ1n) is 15.8. The summed E-state index contributed by atoms with van der Waals surface area (Å²) in [7, 11) is 0. The summed E-state index contributed by atoms with van der Waals surface area (Å²) in [5.41, 5.74) is 6.44. The van der Waals surface area contributed by atoms with E-state index in [0.717, 1.165) is 68.3 Å². The van der Waals surface area contributed by atoms with Gasteiger partial charge in [-0.3, -0.25) is 9.59 Å². The van der Waals surface area contributed by atoms with Crippen molar-refractivity contribution in [3.8, 4) is 12.1 Å². The van der Waals surface area contributed by atoms with E-state index in [-0.39, 0.29) is 12.8 Å². The van der Waals surface area contributed by atoms with E-state index < -0.39 is 23.1 Å². The van der Waals surface area contributed by atoms with Crippen molar-refractivity contribution in [2.24, 2.45) is 0 Å². The molecule has 2 atom stereocenters. The average molecular weight is 607 g/mol. The fraction of sp³-hybridized carbons (Fsp3) is 0.444. The maximum absolute atomic E-state index is 13.6. The van der Waals surface area contributed by atoms with Crippen LogP contribution in [0.3, 0.4) is 0 Å². The Bertz CT molecular complexity index is 1780. The minimum atomic E-state index is -1.00. The second kappa shape index (κ2) is 11.8. The number of aromatic amines is 2. The summed E-state index contributed by atoms with van der Waals surface area (Å²) in [4.78, 5) is 34.1. The van der Waals surface area contributed by atoms with Crippen molar-refractivity contribution in [3.05, 3.63) is 69.0 Å². The topological polar surface area (TPSA) is 141 Å². The van der Waals surface area contributed by atoms with E-state index in [1.165, 1.54) is 0 Å². The number of H-pyrrole nitrogens is 2. The molecular formula is C36H38N4O5. The van der Waals surface area contributed by atoms with Crippen LogP contribution in [0.1, 0.15) is 97.1 Å². The largest absolute Gasteiger partial charge is 0.393 e. The number of nitrogens with one attached hydrogen (secondary N) is 2. The van der Waals surface area contributed by atoms with Gasteiger partial charge in [0.25, 0.3) is 0 Å². The molecule has 6 rings (SSSR count). The Morgan fingerprint density at radius 3 is 1.58 bits per heavy atom. The number of rotatable bonds is 8. The number of ether oxygens (including phenoxy) is 3. The second-order valence-electron chi connectivity index (χ2n) is 12.4. The van der Waals surface area contributed by atoms with Gasteiger partial charge in [-0.25, -0.2) is 0 Å². The summed E-state index contributed by atoms with van der Waals surface area (Å²) in [5, 5.41) is 21.4. The number of aryl methyl sites for hydroxylation is 2. The second-order valence-corrected chi connectivity index (χ2v) is 12.4. The number of carbonyl (C=O) groups is 2. The summed E-state index contributed by atoms with van der Waals surface area (Å²) >= 11 is 0. The van der Waals surface area contributed by atoms with Crippen LogP contribution in [0.25, 0.3) is 21.8 Å². The van der Waals surface area contributed by atoms with Crippen LogP contribution in [0, 0.1) is 36.5 Å². The van der Waals surface area contributed by atoms with Crippen molar-refractivity contribution < 1.29 is 23.8 Å². The van der Waals surface area contributed by atoms with E-state index in [2.05, 4.69) is 22.1 Å². The van der Waals surface area contributed by atoms with Crippen LogP contribution < -0.4 is 0 Å². The maximum atomic E-state index is 13.6. The monoisotopic (exact) mass is 606 g/mol. The molecule has 2 unspecified atom stereocenters. The number of benzene rings is 2. The van der Waals surface area contributed by atoms with Crippen LogP contribution in [0.5, 0.6) is 0 Å². The lowest BCUT2D eigenvalue weighted by Crippen LogP contribution is -2.40. The number of aromatic nitrogens is 2. The number of hydrogen-bond donors (Lipinski definition) is 2. The third-order valence-electron chi connectivity index (χ3n) is 9.54.